The first-order valence-corrected chi connectivity index (χ1v) is 13.2. The average Bonchev–Trinajstić information content (AvgIpc) is 3.01. The van der Waals surface area contributed by atoms with Crippen LogP contribution in [0.2, 0.25) is 0 Å². The normalized spacial score (nSPS) is 15.8. The monoisotopic (exact) mass is 454 g/mol. The van der Waals surface area contributed by atoms with Crippen LogP contribution in [0.1, 0.15) is 57.4 Å². The van der Waals surface area contributed by atoms with Crippen molar-refractivity contribution in [3.05, 3.63) is 60.4 Å². The molecule has 0 amide bonds. The molecule has 3 heterocycles. The number of fused-ring (bicyclic) bond motifs is 1. The molecule has 1 saturated heterocycles. The number of ether oxygens (including phenoxy) is 1. The van der Waals surface area contributed by atoms with Gasteiger partial charge in [0.15, 0.2) is 0 Å². The van der Waals surface area contributed by atoms with E-state index in [1.54, 1.807) is 24.3 Å². The predicted molar refractivity (Wildman–Crippen MR) is 128 cm³/mol. The van der Waals surface area contributed by atoms with E-state index in [1.807, 2.05) is 48.8 Å². The molecule has 172 valence electrons. The summed E-state index contributed by atoms with van der Waals surface area (Å²) in [7, 11) is -3.64. The smallest absolute Gasteiger partial charge is 0.209 e. The Labute approximate surface area is 191 Å². The van der Waals surface area contributed by atoms with Gasteiger partial charge in [0.25, 0.3) is 0 Å². The Morgan fingerprint density at radius 3 is 2.38 bits per heavy atom. The van der Waals surface area contributed by atoms with Gasteiger partial charge >= 0.3 is 0 Å². The highest BCUT2D eigenvalue weighted by Gasteiger charge is 2.27. The topological polar surface area (TPSA) is 51.0 Å². The fourth-order valence-corrected chi connectivity index (χ4v) is 6.27. The molecule has 0 radical (unpaired) electrons. The summed E-state index contributed by atoms with van der Waals surface area (Å²) in [5.41, 5.74) is 1.55. The molecular weight excluding hydrogens is 420 g/mol. The minimum absolute atomic E-state index is 0.103. The van der Waals surface area contributed by atoms with Crippen LogP contribution in [0, 0.1) is 0 Å². The van der Waals surface area contributed by atoms with E-state index in [1.165, 1.54) is 38.8 Å². The van der Waals surface area contributed by atoms with Crippen molar-refractivity contribution in [2.24, 2.45) is 0 Å². The van der Waals surface area contributed by atoms with E-state index in [2.05, 4.69) is 4.90 Å². The number of rotatable bonds is 8. The number of sulfone groups is 1. The highest BCUT2D eigenvalue weighted by atomic mass is 32.2. The first kappa shape index (κ1) is 22.9. The minimum Gasteiger partial charge on any atom is -0.494 e. The molecule has 0 unspecified atom stereocenters. The lowest BCUT2D eigenvalue weighted by Crippen LogP contribution is -2.26. The summed E-state index contributed by atoms with van der Waals surface area (Å²) in [5, 5.41) is 0. The van der Waals surface area contributed by atoms with Gasteiger partial charge in [-0.1, -0.05) is 32.8 Å². The van der Waals surface area contributed by atoms with Gasteiger partial charge < -0.3 is 14.0 Å². The van der Waals surface area contributed by atoms with Crippen molar-refractivity contribution in [3.8, 4) is 5.75 Å². The number of benzene rings is 1. The molecule has 6 heteroatoms. The molecule has 1 aliphatic heterocycles. The zero-order chi connectivity index (χ0) is 22.6. The number of nitrogens with zero attached hydrogens (tertiary/aromatic N) is 2. The van der Waals surface area contributed by atoms with Crippen molar-refractivity contribution in [2.75, 3.05) is 26.2 Å². The Morgan fingerprint density at radius 1 is 0.969 bits per heavy atom. The van der Waals surface area contributed by atoms with Gasteiger partial charge in [-0.3, -0.25) is 0 Å². The first-order chi connectivity index (χ1) is 15.5. The van der Waals surface area contributed by atoms with Gasteiger partial charge in [-0.15, -0.1) is 0 Å². The quantitative estimate of drug-likeness (QED) is 0.419. The Hall–Kier alpha value is -2.31. The van der Waals surface area contributed by atoms with Crippen molar-refractivity contribution in [1.82, 2.24) is 9.30 Å². The Morgan fingerprint density at radius 2 is 1.69 bits per heavy atom. The third-order valence-corrected chi connectivity index (χ3v) is 8.15. The molecular formula is C26H34N2O3S. The van der Waals surface area contributed by atoms with E-state index in [0.717, 1.165) is 18.5 Å². The summed E-state index contributed by atoms with van der Waals surface area (Å²) in [5.74, 6) is 0.817. The highest BCUT2D eigenvalue weighted by Crippen LogP contribution is 2.34. The van der Waals surface area contributed by atoms with Crippen molar-refractivity contribution < 1.29 is 13.2 Å². The molecule has 3 aromatic rings. The van der Waals surface area contributed by atoms with Crippen molar-refractivity contribution in [2.45, 2.75) is 61.7 Å². The van der Waals surface area contributed by atoms with Crippen molar-refractivity contribution in [3.63, 3.8) is 0 Å². The predicted octanol–water partition coefficient (Wildman–Crippen LogP) is 5.54. The molecule has 5 nitrogen and oxygen atoms in total. The standard InChI is InChI=1S/C26H34N2O3S/c1-21(2)24-20-28-18-8-5-10-25(28)26(24)32(29,30)23-13-11-22(12-14-23)31-19-9-17-27-15-6-3-4-7-16-27/h5,8,10-14,18,20-21H,3-4,6-7,9,15-17,19H2,1-2H3. The van der Waals surface area contributed by atoms with Crippen LogP contribution in [0.25, 0.3) is 5.52 Å². The van der Waals surface area contributed by atoms with Crippen LogP contribution in [0.4, 0.5) is 0 Å². The fraction of sp³-hybridized carbons (Fsp3) is 0.462. The molecule has 1 aliphatic rings. The summed E-state index contributed by atoms with van der Waals surface area (Å²) in [6.45, 7) is 8.14. The highest BCUT2D eigenvalue weighted by molar-refractivity contribution is 7.91. The van der Waals surface area contributed by atoms with Crippen LogP contribution < -0.4 is 4.74 Å². The second kappa shape index (κ2) is 10.1. The number of likely N-dealkylation sites (tertiary alicyclic amines) is 1. The van der Waals surface area contributed by atoms with Gasteiger partial charge in [0.05, 0.1) is 17.0 Å². The SMILES string of the molecule is CC(C)c1cn2ccccc2c1S(=O)(=O)c1ccc(OCCCN2CCCCCC2)cc1. The molecule has 0 N–H and O–H groups in total. The maximum atomic E-state index is 13.5. The van der Waals surface area contributed by atoms with Gasteiger partial charge in [-0.2, -0.15) is 0 Å². The second-order valence-corrected chi connectivity index (χ2v) is 10.9. The zero-order valence-corrected chi connectivity index (χ0v) is 20.0. The van der Waals surface area contributed by atoms with Gasteiger partial charge in [0, 0.05) is 18.9 Å². The lowest BCUT2D eigenvalue weighted by Gasteiger charge is -2.19. The van der Waals surface area contributed by atoms with Gasteiger partial charge in [-0.05, 0) is 80.2 Å². The Bertz CT molecular complexity index is 1130. The number of pyridine rings is 1. The Balaban J connectivity index is 1.44. The summed E-state index contributed by atoms with van der Waals surface area (Å²) in [4.78, 5) is 3.23. The number of aromatic nitrogens is 1. The van der Waals surface area contributed by atoms with E-state index in [-0.39, 0.29) is 5.92 Å². The molecule has 0 atom stereocenters. The molecule has 0 spiro atoms. The maximum absolute atomic E-state index is 13.5. The van der Waals surface area contributed by atoms with E-state index < -0.39 is 9.84 Å². The lowest BCUT2D eigenvalue weighted by molar-refractivity contribution is 0.240. The van der Waals surface area contributed by atoms with Crippen LogP contribution in [0.5, 0.6) is 5.75 Å². The van der Waals surface area contributed by atoms with Crippen LogP contribution in [-0.2, 0) is 9.84 Å². The molecule has 4 rings (SSSR count). The Kier molecular flexibility index (Phi) is 7.21. The van der Waals surface area contributed by atoms with E-state index in [0.29, 0.717) is 27.7 Å². The van der Waals surface area contributed by atoms with Crippen LogP contribution in [-0.4, -0.2) is 44.0 Å². The van der Waals surface area contributed by atoms with E-state index in [9.17, 15) is 8.42 Å². The van der Waals surface area contributed by atoms with E-state index >= 15 is 0 Å². The third kappa shape index (κ3) is 5.02. The minimum atomic E-state index is -3.64. The van der Waals surface area contributed by atoms with Crippen LogP contribution in [0.15, 0.2) is 64.6 Å². The van der Waals surface area contributed by atoms with Crippen molar-refractivity contribution in [1.29, 1.82) is 0 Å². The van der Waals surface area contributed by atoms with Gasteiger partial charge in [0.2, 0.25) is 9.84 Å². The summed E-state index contributed by atoms with van der Waals surface area (Å²) in [6.07, 6.45) is 10.1. The molecule has 32 heavy (non-hydrogen) atoms. The molecule has 2 aromatic heterocycles. The molecule has 0 aliphatic carbocycles. The zero-order valence-electron chi connectivity index (χ0n) is 19.2. The fourth-order valence-electron chi connectivity index (χ4n) is 4.49. The maximum Gasteiger partial charge on any atom is 0.209 e. The van der Waals surface area contributed by atoms with Gasteiger partial charge in [0.1, 0.15) is 10.6 Å². The third-order valence-electron chi connectivity index (χ3n) is 6.27. The lowest BCUT2D eigenvalue weighted by atomic mass is 10.1. The molecule has 0 saturated carbocycles. The van der Waals surface area contributed by atoms with Gasteiger partial charge in [-0.25, -0.2) is 8.42 Å². The average molecular weight is 455 g/mol. The summed E-state index contributed by atoms with van der Waals surface area (Å²) < 4.78 is 34.9. The number of hydrogen-bond donors (Lipinski definition) is 0. The molecule has 1 fully saturated rings. The van der Waals surface area contributed by atoms with E-state index in [4.69, 9.17) is 4.74 Å². The largest absolute Gasteiger partial charge is 0.494 e. The summed E-state index contributed by atoms with van der Waals surface area (Å²) in [6, 6.07) is 12.5. The molecule has 1 aromatic carbocycles. The second-order valence-electron chi connectivity index (χ2n) is 8.99. The number of hydrogen-bond acceptors (Lipinski definition) is 4. The molecule has 0 bridgehead atoms. The van der Waals surface area contributed by atoms with Crippen LogP contribution in [0.3, 0.4) is 0 Å². The van der Waals surface area contributed by atoms with Crippen LogP contribution >= 0.6 is 0 Å². The van der Waals surface area contributed by atoms with Crippen molar-refractivity contribution >= 4 is 15.4 Å². The summed E-state index contributed by atoms with van der Waals surface area (Å²) >= 11 is 0. The first-order valence-electron chi connectivity index (χ1n) is 11.8.